The van der Waals surface area contributed by atoms with E-state index < -0.39 is 11.9 Å². The summed E-state index contributed by atoms with van der Waals surface area (Å²) in [6, 6.07) is 5.16. The summed E-state index contributed by atoms with van der Waals surface area (Å²) in [6.07, 6.45) is 0. The van der Waals surface area contributed by atoms with Crippen molar-refractivity contribution in [2.45, 2.75) is 19.8 Å². The van der Waals surface area contributed by atoms with Gasteiger partial charge in [-0.05, 0) is 19.9 Å². The lowest BCUT2D eigenvalue weighted by Crippen LogP contribution is -2.09. The molecule has 0 radical (unpaired) electrons. The predicted octanol–water partition coefficient (Wildman–Crippen LogP) is 2.28. The first-order valence-electron chi connectivity index (χ1n) is 5.13. The Morgan fingerprint density at radius 1 is 1.50 bits per heavy atom. The Labute approximate surface area is 94.8 Å². The molecule has 1 aromatic carbocycles. The maximum Gasteiger partial charge on any atom is 0.310 e. The molecule has 1 unspecified atom stereocenters. The highest BCUT2D eigenvalue weighted by atomic mass is 16.5. The Bertz CT molecular complexity index is 373. The molecule has 0 amide bonds. The second-order valence-corrected chi connectivity index (χ2v) is 3.40. The molecule has 88 valence electrons. The molecule has 4 heteroatoms. The standard InChI is InChI=1S/C12H16O4/c1-4-16-11-7-9(15-3)5-6-10(11)8(2)12(13)14/h5-8H,4H2,1-3H3,(H,13,14). The first kappa shape index (κ1) is 12.4. The number of methoxy groups -OCH3 is 1. The van der Waals surface area contributed by atoms with E-state index in [1.165, 1.54) is 0 Å². The van der Waals surface area contributed by atoms with Gasteiger partial charge < -0.3 is 14.6 Å². The maximum atomic E-state index is 10.9. The molecule has 0 spiro atoms. The largest absolute Gasteiger partial charge is 0.497 e. The van der Waals surface area contributed by atoms with Gasteiger partial charge in [0.2, 0.25) is 0 Å². The zero-order valence-electron chi connectivity index (χ0n) is 9.69. The van der Waals surface area contributed by atoms with E-state index in [1.54, 1.807) is 32.2 Å². The van der Waals surface area contributed by atoms with Gasteiger partial charge in [-0.1, -0.05) is 6.07 Å². The van der Waals surface area contributed by atoms with Gasteiger partial charge in [0.1, 0.15) is 11.5 Å². The normalized spacial score (nSPS) is 11.9. The average molecular weight is 224 g/mol. The number of ether oxygens (including phenoxy) is 2. The number of rotatable bonds is 5. The molecule has 0 aliphatic rings. The lowest BCUT2D eigenvalue weighted by molar-refractivity contribution is -0.138. The van der Waals surface area contributed by atoms with Gasteiger partial charge in [0.15, 0.2) is 0 Å². The molecular formula is C12H16O4. The van der Waals surface area contributed by atoms with Crippen molar-refractivity contribution in [3.05, 3.63) is 23.8 Å². The minimum Gasteiger partial charge on any atom is -0.497 e. The number of carboxylic acids is 1. The fraction of sp³-hybridized carbons (Fsp3) is 0.417. The first-order chi connectivity index (χ1) is 7.60. The second-order valence-electron chi connectivity index (χ2n) is 3.40. The minimum atomic E-state index is -0.869. The van der Waals surface area contributed by atoms with Crippen molar-refractivity contribution >= 4 is 5.97 Å². The van der Waals surface area contributed by atoms with E-state index in [-0.39, 0.29) is 0 Å². The van der Waals surface area contributed by atoms with Crippen molar-refractivity contribution in [3.63, 3.8) is 0 Å². The van der Waals surface area contributed by atoms with Crippen LogP contribution < -0.4 is 9.47 Å². The molecule has 1 aromatic rings. The van der Waals surface area contributed by atoms with Crippen LogP contribution in [0.2, 0.25) is 0 Å². The summed E-state index contributed by atoms with van der Waals surface area (Å²) in [4.78, 5) is 10.9. The molecule has 0 saturated heterocycles. The summed E-state index contributed by atoms with van der Waals surface area (Å²) in [7, 11) is 1.56. The molecule has 0 bridgehead atoms. The minimum absolute atomic E-state index is 0.493. The van der Waals surface area contributed by atoms with Gasteiger partial charge in [-0.15, -0.1) is 0 Å². The molecule has 0 aliphatic carbocycles. The predicted molar refractivity (Wildman–Crippen MR) is 60.2 cm³/mol. The summed E-state index contributed by atoms with van der Waals surface area (Å²) < 4.78 is 10.5. The third-order valence-corrected chi connectivity index (χ3v) is 2.36. The highest BCUT2D eigenvalue weighted by Gasteiger charge is 2.18. The Hall–Kier alpha value is -1.71. The van der Waals surface area contributed by atoms with Crippen molar-refractivity contribution < 1.29 is 19.4 Å². The van der Waals surface area contributed by atoms with Crippen LogP contribution in [0.25, 0.3) is 0 Å². The summed E-state index contributed by atoms with van der Waals surface area (Å²) in [5.41, 5.74) is 0.662. The number of hydrogen-bond donors (Lipinski definition) is 1. The van der Waals surface area contributed by atoms with Crippen molar-refractivity contribution in [1.29, 1.82) is 0 Å². The van der Waals surface area contributed by atoms with Gasteiger partial charge in [0.25, 0.3) is 0 Å². The zero-order valence-corrected chi connectivity index (χ0v) is 9.69. The fourth-order valence-corrected chi connectivity index (χ4v) is 1.41. The van der Waals surface area contributed by atoms with Crippen LogP contribution in [0.15, 0.2) is 18.2 Å². The van der Waals surface area contributed by atoms with Crippen LogP contribution in [0.5, 0.6) is 11.5 Å². The maximum absolute atomic E-state index is 10.9. The van der Waals surface area contributed by atoms with Crippen molar-refractivity contribution in [1.82, 2.24) is 0 Å². The quantitative estimate of drug-likeness (QED) is 0.833. The first-order valence-corrected chi connectivity index (χ1v) is 5.13. The lowest BCUT2D eigenvalue weighted by atomic mass is 10.0. The summed E-state index contributed by atoms with van der Waals surface area (Å²) in [5.74, 6) is -0.236. The molecule has 0 fully saturated rings. The summed E-state index contributed by atoms with van der Waals surface area (Å²) in [5, 5.41) is 8.97. The van der Waals surface area contributed by atoms with Gasteiger partial charge in [-0.3, -0.25) is 4.79 Å². The number of hydrogen-bond acceptors (Lipinski definition) is 3. The number of carboxylic acid groups (broad SMARTS) is 1. The Morgan fingerprint density at radius 3 is 2.69 bits per heavy atom. The topological polar surface area (TPSA) is 55.8 Å². The molecule has 1 rings (SSSR count). The van der Waals surface area contributed by atoms with Crippen LogP contribution in [0.3, 0.4) is 0 Å². The van der Waals surface area contributed by atoms with E-state index in [1.807, 2.05) is 6.92 Å². The second kappa shape index (κ2) is 5.39. The SMILES string of the molecule is CCOc1cc(OC)ccc1C(C)C(=O)O. The van der Waals surface area contributed by atoms with E-state index in [0.717, 1.165) is 0 Å². The number of aliphatic carboxylic acids is 1. The smallest absolute Gasteiger partial charge is 0.310 e. The van der Waals surface area contributed by atoms with Gasteiger partial charge in [-0.25, -0.2) is 0 Å². The van der Waals surface area contributed by atoms with Crippen molar-refractivity contribution in [2.24, 2.45) is 0 Å². The third-order valence-electron chi connectivity index (χ3n) is 2.36. The lowest BCUT2D eigenvalue weighted by Gasteiger charge is -2.14. The van der Waals surface area contributed by atoms with E-state index >= 15 is 0 Å². The molecule has 0 saturated carbocycles. The third kappa shape index (κ3) is 2.66. The van der Waals surface area contributed by atoms with E-state index in [0.29, 0.717) is 23.7 Å². The Kier molecular flexibility index (Phi) is 4.17. The van der Waals surface area contributed by atoms with E-state index in [2.05, 4.69) is 0 Å². The molecule has 4 nitrogen and oxygen atoms in total. The van der Waals surface area contributed by atoms with Gasteiger partial charge >= 0.3 is 5.97 Å². The van der Waals surface area contributed by atoms with Crippen molar-refractivity contribution in [2.75, 3.05) is 13.7 Å². The molecular weight excluding hydrogens is 208 g/mol. The summed E-state index contributed by atoms with van der Waals surface area (Å²) >= 11 is 0. The van der Waals surface area contributed by atoms with E-state index in [4.69, 9.17) is 14.6 Å². The molecule has 0 aromatic heterocycles. The van der Waals surface area contributed by atoms with Crippen LogP contribution in [-0.2, 0) is 4.79 Å². The summed E-state index contributed by atoms with van der Waals surface area (Å²) in [6.45, 7) is 3.98. The Balaban J connectivity index is 3.11. The molecule has 16 heavy (non-hydrogen) atoms. The van der Waals surface area contributed by atoms with Crippen LogP contribution >= 0.6 is 0 Å². The van der Waals surface area contributed by atoms with Crippen LogP contribution in [-0.4, -0.2) is 24.8 Å². The Morgan fingerprint density at radius 2 is 2.19 bits per heavy atom. The van der Waals surface area contributed by atoms with E-state index in [9.17, 15) is 4.79 Å². The van der Waals surface area contributed by atoms with Gasteiger partial charge in [0, 0.05) is 11.6 Å². The van der Waals surface area contributed by atoms with Gasteiger partial charge in [-0.2, -0.15) is 0 Å². The highest BCUT2D eigenvalue weighted by Crippen LogP contribution is 2.30. The molecule has 1 N–H and O–H groups in total. The molecule has 0 heterocycles. The van der Waals surface area contributed by atoms with Gasteiger partial charge in [0.05, 0.1) is 19.6 Å². The molecule has 1 atom stereocenters. The van der Waals surface area contributed by atoms with Crippen molar-refractivity contribution in [3.8, 4) is 11.5 Å². The number of benzene rings is 1. The highest BCUT2D eigenvalue weighted by molar-refractivity contribution is 5.76. The fourth-order valence-electron chi connectivity index (χ4n) is 1.41. The molecule has 0 aliphatic heterocycles. The van der Waals surface area contributed by atoms with Crippen LogP contribution in [0.4, 0.5) is 0 Å². The van der Waals surface area contributed by atoms with Crippen LogP contribution in [0.1, 0.15) is 25.3 Å². The monoisotopic (exact) mass is 224 g/mol. The average Bonchev–Trinajstić information content (AvgIpc) is 2.28. The number of carbonyl (C=O) groups is 1. The zero-order chi connectivity index (χ0) is 12.1. The van der Waals surface area contributed by atoms with Crippen LogP contribution in [0, 0.1) is 0 Å².